The van der Waals surface area contributed by atoms with Crippen molar-refractivity contribution in [2.45, 2.75) is 0 Å². The highest BCUT2D eigenvalue weighted by molar-refractivity contribution is 5.79. The Morgan fingerprint density at radius 3 is 2.50 bits per heavy atom. The Kier molecular flexibility index (Phi) is 3.21. The number of methoxy groups -OCH3 is 2. The zero-order valence-corrected chi connectivity index (χ0v) is 11.3. The molecule has 0 saturated heterocycles. The molecule has 1 aromatic heterocycles. The molecular formula is C16H14N2O2. The summed E-state index contributed by atoms with van der Waals surface area (Å²) in [5.74, 6) is 2.03. The van der Waals surface area contributed by atoms with Crippen molar-refractivity contribution >= 4 is 10.9 Å². The highest BCUT2D eigenvalue weighted by Gasteiger charge is 2.08. The van der Waals surface area contributed by atoms with Crippen molar-refractivity contribution in [1.82, 2.24) is 9.97 Å². The van der Waals surface area contributed by atoms with Gasteiger partial charge in [0.05, 0.1) is 19.7 Å². The quantitative estimate of drug-likeness (QED) is 0.729. The van der Waals surface area contributed by atoms with Gasteiger partial charge in [0.25, 0.3) is 0 Å². The summed E-state index contributed by atoms with van der Waals surface area (Å²) in [5.41, 5.74) is 1.82. The smallest absolute Gasteiger partial charge is 0.161 e. The van der Waals surface area contributed by atoms with Crippen molar-refractivity contribution in [1.29, 1.82) is 0 Å². The van der Waals surface area contributed by atoms with Gasteiger partial charge >= 0.3 is 0 Å². The highest BCUT2D eigenvalue weighted by Crippen LogP contribution is 2.31. The molecule has 0 unspecified atom stereocenters. The molecule has 2 aromatic carbocycles. The van der Waals surface area contributed by atoms with Crippen LogP contribution in [0.15, 0.2) is 48.7 Å². The Morgan fingerprint density at radius 2 is 1.70 bits per heavy atom. The van der Waals surface area contributed by atoms with Crippen molar-refractivity contribution in [2.24, 2.45) is 0 Å². The highest BCUT2D eigenvalue weighted by atomic mass is 16.5. The largest absolute Gasteiger partial charge is 0.493 e. The molecule has 0 amide bonds. The van der Waals surface area contributed by atoms with E-state index in [1.807, 2.05) is 48.7 Å². The van der Waals surface area contributed by atoms with Gasteiger partial charge in [-0.15, -0.1) is 0 Å². The minimum Gasteiger partial charge on any atom is -0.493 e. The lowest BCUT2D eigenvalue weighted by atomic mass is 10.1. The van der Waals surface area contributed by atoms with Gasteiger partial charge in [0.15, 0.2) is 17.3 Å². The molecule has 100 valence electrons. The molecule has 4 heteroatoms. The van der Waals surface area contributed by atoms with E-state index in [1.54, 1.807) is 14.2 Å². The van der Waals surface area contributed by atoms with Crippen LogP contribution in [0.1, 0.15) is 0 Å². The van der Waals surface area contributed by atoms with Crippen molar-refractivity contribution in [3.8, 4) is 22.9 Å². The summed E-state index contributed by atoms with van der Waals surface area (Å²) in [6.07, 6.45) is 1.83. The van der Waals surface area contributed by atoms with E-state index in [0.29, 0.717) is 17.3 Å². The fourth-order valence-corrected chi connectivity index (χ4v) is 2.09. The maximum Gasteiger partial charge on any atom is 0.161 e. The van der Waals surface area contributed by atoms with Gasteiger partial charge in [-0.2, -0.15) is 0 Å². The van der Waals surface area contributed by atoms with E-state index >= 15 is 0 Å². The molecule has 0 spiro atoms. The Balaban J connectivity index is 2.10. The molecule has 0 bridgehead atoms. The minimum atomic E-state index is 0.668. The SMILES string of the molecule is COc1ccc(-c2ncc3ccccc3n2)cc1OC. The summed E-state index contributed by atoms with van der Waals surface area (Å²) in [7, 11) is 3.23. The molecule has 3 aromatic rings. The first kappa shape index (κ1) is 12.4. The lowest BCUT2D eigenvalue weighted by molar-refractivity contribution is 0.355. The summed E-state index contributed by atoms with van der Waals surface area (Å²) in [4.78, 5) is 8.97. The van der Waals surface area contributed by atoms with E-state index in [2.05, 4.69) is 9.97 Å². The Bertz CT molecular complexity index is 756. The van der Waals surface area contributed by atoms with Crippen LogP contribution in [-0.2, 0) is 0 Å². The van der Waals surface area contributed by atoms with Gasteiger partial charge in [-0.3, -0.25) is 0 Å². The van der Waals surface area contributed by atoms with Crippen LogP contribution in [0.2, 0.25) is 0 Å². The maximum atomic E-state index is 5.31. The topological polar surface area (TPSA) is 44.2 Å². The van der Waals surface area contributed by atoms with Crippen molar-refractivity contribution in [3.05, 3.63) is 48.7 Å². The normalized spacial score (nSPS) is 10.5. The molecule has 3 rings (SSSR count). The number of fused-ring (bicyclic) bond motifs is 1. The summed E-state index contributed by atoms with van der Waals surface area (Å²) < 4.78 is 10.5. The Labute approximate surface area is 117 Å². The number of hydrogen-bond acceptors (Lipinski definition) is 4. The number of benzene rings is 2. The maximum absolute atomic E-state index is 5.31. The van der Waals surface area contributed by atoms with Crippen LogP contribution >= 0.6 is 0 Å². The lowest BCUT2D eigenvalue weighted by Gasteiger charge is -2.09. The van der Waals surface area contributed by atoms with Gasteiger partial charge < -0.3 is 9.47 Å². The van der Waals surface area contributed by atoms with Gasteiger partial charge in [0.2, 0.25) is 0 Å². The fourth-order valence-electron chi connectivity index (χ4n) is 2.09. The number of nitrogens with zero attached hydrogens (tertiary/aromatic N) is 2. The van der Waals surface area contributed by atoms with E-state index in [0.717, 1.165) is 16.5 Å². The van der Waals surface area contributed by atoms with E-state index < -0.39 is 0 Å². The molecule has 0 saturated carbocycles. The second-order valence-electron chi connectivity index (χ2n) is 4.32. The molecule has 20 heavy (non-hydrogen) atoms. The minimum absolute atomic E-state index is 0.668. The number of hydrogen-bond donors (Lipinski definition) is 0. The van der Waals surface area contributed by atoms with Crippen LogP contribution in [0.5, 0.6) is 11.5 Å². The predicted octanol–water partition coefficient (Wildman–Crippen LogP) is 3.31. The Morgan fingerprint density at radius 1 is 0.900 bits per heavy atom. The fraction of sp³-hybridized carbons (Fsp3) is 0.125. The van der Waals surface area contributed by atoms with E-state index in [4.69, 9.17) is 9.47 Å². The predicted molar refractivity (Wildman–Crippen MR) is 78.1 cm³/mol. The van der Waals surface area contributed by atoms with Crippen LogP contribution in [0.3, 0.4) is 0 Å². The molecule has 0 aliphatic rings. The molecule has 0 fully saturated rings. The summed E-state index contributed by atoms with van der Waals surface area (Å²) in [5, 5.41) is 1.02. The van der Waals surface area contributed by atoms with Gasteiger partial charge in [0, 0.05) is 17.1 Å². The van der Waals surface area contributed by atoms with E-state index in [1.165, 1.54) is 0 Å². The average Bonchev–Trinajstić information content (AvgIpc) is 2.53. The van der Waals surface area contributed by atoms with Gasteiger partial charge in [-0.1, -0.05) is 18.2 Å². The summed E-state index contributed by atoms with van der Waals surface area (Å²) in [6.45, 7) is 0. The molecule has 0 radical (unpaired) electrons. The first-order valence-corrected chi connectivity index (χ1v) is 6.26. The van der Waals surface area contributed by atoms with Crippen molar-refractivity contribution in [3.63, 3.8) is 0 Å². The number of ether oxygens (including phenoxy) is 2. The molecule has 0 N–H and O–H groups in total. The van der Waals surface area contributed by atoms with Crippen molar-refractivity contribution in [2.75, 3.05) is 14.2 Å². The standard InChI is InChI=1S/C16H14N2O2/c1-19-14-8-7-11(9-15(14)20-2)16-17-10-12-5-3-4-6-13(12)18-16/h3-10H,1-2H3. The lowest BCUT2D eigenvalue weighted by Crippen LogP contribution is -1.93. The third-order valence-corrected chi connectivity index (χ3v) is 3.13. The van der Waals surface area contributed by atoms with Gasteiger partial charge in [-0.25, -0.2) is 9.97 Å². The third-order valence-electron chi connectivity index (χ3n) is 3.13. The molecule has 0 aliphatic carbocycles. The summed E-state index contributed by atoms with van der Waals surface area (Å²) >= 11 is 0. The third kappa shape index (κ3) is 2.16. The van der Waals surface area contributed by atoms with E-state index in [9.17, 15) is 0 Å². The van der Waals surface area contributed by atoms with Gasteiger partial charge in [-0.05, 0) is 24.3 Å². The number of rotatable bonds is 3. The second kappa shape index (κ2) is 5.17. The van der Waals surface area contributed by atoms with E-state index in [-0.39, 0.29) is 0 Å². The van der Waals surface area contributed by atoms with Crippen molar-refractivity contribution < 1.29 is 9.47 Å². The molecule has 0 aliphatic heterocycles. The Hall–Kier alpha value is -2.62. The van der Waals surface area contributed by atoms with Crippen LogP contribution in [0.25, 0.3) is 22.3 Å². The monoisotopic (exact) mass is 266 g/mol. The van der Waals surface area contributed by atoms with Crippen LogP contribution < -0.4 is 9.47 Å². The summed E-state index contributed by atoms with van der Waals surface area (Å²) in [6, 6.07) is 13.6. The first-order chi connectivity index (χ1) is 9.81. The molecule has 0 atom stereocenters. The van der Waals surface area contributed by atoms with Crippen LogP contribution in [0, 0.1) is 0 Å². The zero-order valence-electron chi connectivity index (χ0n) is 11.3. The first-order valence-electron chi connectivity index (χ1n) is 6.26. The average molecular weight is 266 g/mol. The van der Waals surface area contributed by atoms with Crippen LogP contribution in [-0.4, -0.2) is 24.2 Å². The van der Waals surface area contributed by atoms with Crippen LogP contribution in [0.4, 0.5) is 0 Å². The number of para-hydroxylation sites is 1. The zero-order chi connectivity index (χ0) is 13.9. The second-order valence-corrected chi connectivity index (χ2v) is 4.32. The molecule has 1 heterocycles. The van der Waals surface area contributed by atoms with Gasteiger partial charge in [0.1, 0.15) is 0 Å². The molecular weight excluding hydrogens is 252 g/mol. The molecule has 4 nitrogen and oxygen atoms in total. The number of aromatic nitrogens is 2.